The van der Waals surface area contributed by atoms with Crippen molar-refractivity contribution in [1.29, 1.82) is 0 Å². The van der Waals surface area contributed by atoms with Crippen LogP contribution in [0.25, 0.3) is 6.08 Å². The molecule has 1 fully saturated rings. The van der Waals surface area contributed by atoms with Crippen LogP contribution in [0.4, 0.5) is 0 Å². The summed E-state index contributed by atoms with van der Waals surface area (Å²) in [6.45, 7) is 31.2. The van der Waals surface area contributed by atoms with Gasteiger partial charge in [0.15, 0.2) is 32.4 Å². The molecule has 1 heterocycles. The highest BCUT2D eigenvalue weighted by Crippen LogP contribution is 2.44. The Kier molecular flexibility index (Phi) is 18.7. The molecule has 0 saturated carbocycles. The molecule has 3 aromatic carbocycles. The molecule has 360 valence electrons. The average molecular weight is 949 g/mol. The van der Waals surface area contributed by atoms with Gasteiger partial charge >= 0.3 is 5.97 Å². The maximum absolute atomic E-state index is 14.0. The summed E-state index contributed by atoms with van der Waals surface area (Å²) >= 11 is 0. The maximum Gasteiger partial charge on any atom is 0.342 e. The number of carbonyl (C=O) groups is 1. The fourth-order valence-corrected chi connectivity index (χ4v) is 14.6. The van der Waals surface area contributed by atoms with Crippen LogP contribution in [-0.4, -0.2) is 95.6 Å². The molecule has 4 atom stereocenters. The minimum absolute atomic E-state index is 0.0563. The number of rotatable bonds is 22. The molecule has 1 saturated heterocycles. The van der Waals surface area contributed by atoms with Crippen molar-refractivity contribution in [2.45, 2.75) is 154 Å². The van der Waals surface area contributed by atoms with E-state index in [-0.39, 0.29) is 46.1 Å². The lowest BCUT2D eigenvalue weighted by molar-refractivity contribution is -0.151. The molecule has 0 radical (unpaired) electrons. The maximum atomic E-state index is 14.0. The van der Waals surface area contributed by atoms with Gasteiger partial charge in [-0.1, -0.05) is 146 Å². The van der Waals surface area contributed by atoms with Crippen molar-refractivity contribution >= 4 is 47.1 Å². The number of hydrogen-bond donors (Lipinski definition) is 0. The Morgan fingerprint density at radius 1 is 0.800 bits per heavy atom. The first-order chi connectivity index (χ1) is 30.3. The summed E-state index contributed by atoms with van der Waals surface area (Å²) in [5, 5.41) is 2.30. The number of hydrogen-bond acceptors (Lipinski definition) is 10. The van der Waals surface area contributed by atoms with Crippen molar-refractivity contribution in [1.82, 2.24) is 0 Å². The fourth-order valence-electron chi connectivity index (χ4n) is 7.93. The highest BCUT2D eigenvalue weighted by molar-refractivity contribution is 6.99. The van der Waals surface area contributed by atoms with Crippen LogP contribution in [0.1, 0.15) is 91.1 Å². The SMILES string of the molecule is COCOc1c(OC)c(OC)cc(/C=C/C[C@@H]2OC(C)(C)O[C@@H]2C(/C=C\CC(C)O[Si](c2ccccc2)(c2ccccc2)C(C)(C)C)O[Si](C)(C)C(C)(C)C)c1C(=O)OCC[Si](C)(C)C. The standard InChI is InChI=1S/C52H80O10Si3/c1-38(61-65(51(5,6)7,40-28-20-18-21-29-40)41-30-22-19-23-31-41)26-24-33-43(62-64(16,17)50(2,3)4)46-42(59-52(8,9)60-46)32-25-27-39-36-44(55-11)47(56-12)48(58-37-54-10)45(39)49(53)57-34-35-63(13,14)15/h18-25,27-31,33,36,38,42-43,46H,26,32,34-35,37H2,1-17H3/b27-25+,33-24-/t38?,42-,43?,46-/m0/s1. The van der Waals surface area contributed by atoms with E-state index in [9.17, 15) is 4.79 Å². The minimum Gasteiger partial charge on any atom is -0.493 e. The number of benzene rings is 3. The van der Waals surface area contributed by atoms with Gasteiger partial charge in [0.25, 0.3) is 8.32 Å². The molecule has 0 N–H and O–H groups in total. The zero-order valence-electron chi connectivity index (χ0n) is 42.6. The van der Waals surface area contributed by atoms with Crippen molar-refractivity contribution < 1.29 is 46.8 Å². The van der Waals surface area contributed by atoms with Gasteiger partial charge in [-0.3, -0.25) is 0 Å². The first-order valence-corrected chi connectivity index (χ1v) is 31.6. The topological polar surface area (TPSA) is 100 Å². The van der Waals surface area contributed by atoms with Gasteiger partial charge in [0.05, 0.1) is 33.0 Å². The third-order valence-electron chi connectivity index (χ3n) is 12.3. The van der Waals surface area contributed by atoms with E-state index in [4.69, 9.17) is 42.0 Å². The van der Waals surface area contributed by atoms with Crippen LogP contribution < -0.4 is 24.6 Å². The summed E-state index contributed by atoms with van der Waals surface area (Å²) in [6, 6.07) is 24.1. The minimum atomic E-state index is -2.77. The quantitative estimate of drug-likeness (QED) is 0.0419. The smallest absolute Gasteiger partial charge is 0.342 e. The van der Waals surface area contributed by atoms with Gasteiger partial charge in [0, 0.05) is 21.3 Å². The summed E-state index contributed by atoms with van der Waals surface area (Å²) < 4.78 is 56.7. The number of ether oxygens (including phenoxy) is 7. The molecule has 2 unspecified atom stereocenters. The predicted molar refractivity (Wildman–Crippen MR) is 272 cm³/mol. The van der Waals surface area contributed by atoms with Crippen LogP contribution in [-0.2, 0) is 27.8 Å². The summed E-state index contributed by atoms with van der Waals surface area (Å²) in [5.74, 6) is -0.529. The van der Waals surface area contributed by atoms with Crippen molar-refractivity contribution in [3.8, 4) is 17.2 Å². The van der Waals surface area contributed by atoms with E-state index >= 15 is 0 Å². The molecule has 13 heteroatoms. The van der Waals surface area contributed by atoms with Crippen molar-refractivity contribution in [2.75, 3.05) is 34.7 Å². The van der Waals surface area contributed by atoms with E-state index in [0.29, 0.717) is 30.8 Å². The molecule has 0 spiro atoms. The monoisotopic (exact) mass is 949 g/mol. The van der Waals surface area contributed by atoms with Gasteiger partial charge in [0.1, 0.15) is 11.7 Å². The molecule has 1 aliphatic rings. The third kappa shape index (κ3) is 14.0. The van der Waals surface area contributed by atoms with Crippen LogP contribution in [0.2, 0.25) is 48.9 Å². The lowest BCUT2D eigenvalue weighted by Gasteiger charge is -2.44. The Morgan fingerprint density at radius 3 is 1.91 bits per heavy atom. The molecular formula is C52H80O10Si3. The van der Waals surface area contributed by atoms with E-state index in [1.54, 1.807) is 13.2 Å². The second kappa shape index (κ2) is 22.5. The Bertz CT molecular complexity index is 1990. The Morgan fingerprint density at radius 2 is 1.40 bits per heavy atom. The van der Waals surface area contributed by atoms with Crippen LogP contribution >= 0.6 is 0 Å². The molecule has 3 aromatic rings. The average Bonchev–Trinajstić information content (AvgIpc) is 3.53. The molecule has 0 bridgehead atoms. The zero-order valence-corrected chi connectivity index (χ0v) is 45.6. The molecule has 0 amide bonds. The van der Waals surface area contributed by atoms with E-state index in [1.807, 2.05) is 26.0 Å². The van der Waals surface area contributed by atoms with Crippen LogP contribution in [0, 0.1) is 0 Å². The van der Waals surface area contributed by atoms with E-state index in [2.05, 4.69) is 154 Å². The van der Waals surface area contributed by atoms with Gasteiger partial charge in [-0.05, 0) is 84.8 Å². The largest absolute Gasteiger partial charge is 0.493 e. The highest BCUT2D eigenvalue weighted by Gasteiger charge is 2.51. The van der Waals surface area contributed by atoms with Crippen LogP contribution in [0.3, 0.4) is 0 Å². The summed E-state index contributed by atoms with van der Waals surface area (Å²) in [6.07, 6.45) is 8.04. The van der Waals surface area contributed by atoms with Gasteiger partial charge in [-0.25, -0.2) is 4.79 Å². The second-order valence-electron chi connectivity index (χ2n) is 21.3. The third-order valence-corrected chi connectivity index (χ3v) is 23.6. The van der Waals surface area contributed by atoms with Crippen molar-refractivity contribution in [2.24, 2.45) is 0 Å². The first-order valence-electron chi connectivity index (χ1n) is 23.0. The van der Waals surface area contributed by atoms with Gasteiger partial charge < -0.3 is 42.0 Å². The van der Waals surface area contributed by atoms with Gasteiger partial charge in [0.2, 0.25) is 5.75 Å². The molecule has 4 rings (SSSR count). The van der Waals surface area contributed by atoms with E-state index in [1.165, 1.54) is 24.6 Å². The summed E-state index contributed by atoms with van der Waals surface area (Å²) in [5.41, 5.74) is 0.772. The molecule has 0 aromatic heterocycles. The molecular weight excluding hydrogens is 869 g/mol. The van der Waals surface area contributed by atoms with Crippen molar-refractivity contribution in [3.63, 3.8) is 0 Å². The first kappa shape index (κ1) is 54.1. The summed E-state index contributed by atoms with van der Waals surface area (Å²) in [7, 11) is -2.01. The molecule has 1 aliphatic heterocycles. The molecule has 0 aliphatic carbocycles. The Balaban J connectivity index is 1.71. The normalized spacial score (nSPS) is 18.2. The second-order valence-corrected chi connectivity index (χ2v) is 35.9. The number of esters is 1. The zero-order chi connectivity index (χ0) is 48.4. The predicted octanol–water partition coefficient (Wildman–Crippen LogP) is 11.4. The van der Waals surface area contributed by atoms with E-state index in [0.717, 1.165) is 6.04 Å². The Hall–Kier alpha value is -3.54. The number of methoxy groups -OCH3 is 3. The number of carbonyl (C=O) groups excluding carboxylic acids is 1. The summed E-state index contributed by atoms with van der Waals surface area (Å²) in [4.78, 5) is 14.0. The lowest BCUT2D eigenvalue weighted by Crippen LogP contribution is -2.67. The van der Waals surface area contributed by atoms with Gasteiger partial charge in [-0.2, -0.15) is 0 Å². The van der Waals surface area contributed by atoms with Crippen molar-refractivity contribution in [3.05, 3.63) is 96.1 Å². The van der Waals surface area contributed by atoms with Gasteiger partial charge in [-0.15, -0.1) is 0 Å². The molecule has 10 nitrogen and oxygen atoms in total. The molecule has 65 heavy (non-hydrogen) atoms. The van der Waals surface area contributed by atoms with Crippen LogP contribution in [0.5, 0.6) is 17.2 Å². The fraction of sp³-hybridized carbons (Fsp3) is 0.558. The lowest BCUT2D eigenvalue weighted by atomic mass is 10.0. The highest BCUT2D eigenvalue weighted by atomic mass is 28.4. The Labute approximate surface area is 394 Å². The van der Waals surface area contributed by atoms with Crippen LogP contribution in [0.15, 0.2) is 85.0 Å². The van der Waals surface area contributed by atoms with E-state index < -0.39 is 48.7 Å².